The number of unbranched alkanes of at least 4 members (excludes halogenated alkanes) is 29. The Kier molecular flexibility index (Phi) is 41.4. The van der Waals surface area contributed by atoms with Crippen molar-refractivity contribution >= 4 is 17.9 Å². The Morgan fingerprint density at radius 2 is 0.642 bits per heavy atom. The van der Waals surface area contributed by atoms with E-state index in [1.165, 1.54) is 135 Å². The molecule has 0 aliphatic heterocycles. The van der Waals surface area contributed by atoms with Crippen LogP contribution in [-0.2, 0) is 28.6 Å². The number of esters is 3. The van der Waals surface area contributed by atoms with Gasteiger partial charge < -0.3 is 14.2 Å². The normalized spacial score (nSPS) is 12.0. The van der Waals surface area contributed by atoms with Crippen molar-refractivity contribution < 1.29 is 28.6 Å². The van der Waals surface area contributed by atoms with Gasteiger partial charge in [0.15, 0.2) is 6.10 Å². The SMILES string of the molecule is CCCC/C=C\CCCCCCC(=O)OCC(COC(=O)CCCCCCCCCCCCCCCC)OC(=O)CCCCCCCCCCCCC. The summed E-state index contributed by atoms with van der Waals surface area (Å²) in [6, 6.07) is 0. The van der Waals surface area contributed by atoms with Gasteiger partial charge in [-0.25, -0.2) is 0 Å². The molecule has 0 rings (SSSR count). The third-order valence-corrected chi connectivity index (χ3v) is 10.3. The largest absolute Gasteiger partial charge is 0.462 e. The minimum absolute atomic E-state index is 0.0690. The number of allylic oxidation sites excluding steroid dienone is 2. The molecule has 312 valence electrons. The maximum atomic E-state index is 12.7. The number of rotatable bonds is 42. The summed E-state index contributed by atoms with van der Waals surface area (Å²) in [6.45, 7) is 6.59. The van der Waals surface area contributed by atoms with Crippen LogP contribution in [0.15, 0.2) is 12.2 Å². The van der Waals surface area contributed by atoms with Gasteiger partial charge in [0.1, 0.15) is 13.2 Å². The summed E-state index contributed by atoms with van der Waals surface area (Å²) in [5.41, 5.74) is 0. The van der Waals surface area contributed by atoms with Crippen molar-refractivity contribution in [3.05, 3.63) is 12.2 Å². The molecule has 0 saturated heterocycles. The second-order valence-electron chi connectivity index (χ2n) is 15.7. The van der Waals surface area contributed by atoms with Gasteiger partial charge in [-0.1, -0.05) is 206 Å². The Morgan fingerprint density at radius 1 is 0.358 bits per heavy atom. The van der Waals surface area contributed by atoms with Crippen molar-refractivity contribution in [1.29, 1.82) is 0 Å². The van der Waals surface area contributed by atoms with E-state index in [4.69, 9.17) is 14.2 Å². The van der Waals surface area contributed by atoms with Crippen LogP contribution in [0.3, 0.4) is 0 Å². The van der Waals surface area contributed by atoms with E-state index in [0.717, 1.165) is 77.0 Å². The summed E-state index contributed by atoms with van der Waals surface area (Å²) < 4.78 is 16.7. The molecule has 6 heteroatoms. The fourth-order valence-electron chi connectivity index (χ4n) is 6.72. The van der Waals surface area contributed by atoms with Gasteiger partial charge in [-0.05, 0) is 38.5 Å². The van der Waals surface area contributed by atoms with E-state index >= 15 is 0 Å². The van der Waals surface area contributed by atoms with E-state index < -0.39 is 6.10 Å². The summed E-state index contributed by atoms with van der Waals surface area (Å²) in [4.78, 5) is 37.7. The first-order valence-electron chi connectivity index (χ1n) is 23.2. The average molecular weight is 749 g/mol. The lowest BCUT2D eigenvalue weighted by Crippen LogP contribution is -2.30. The van der Waals surface area contributed by atoms with Gasteiger partial charge in [-0.2, -0.15) is 0 Å². The van der Waals surface area contributed by atoms with Crippen LogP contribution in [0.4, 0.5) is 0 Å². The molecule has 1 atom stereocenters. The average Bonchev–Trinajstić information content (AvgIpc) is 3.15. The summed E-state index contributed by atoms with van der Waals surface area (Å²) in [7, 11) is 0. The van der Waals surface area contributed by atoms with E-state index in [-0.39, 0.29) is 31.1 Å². The Morgan fingerprint density at radius 3 is 1.00 bits per heavy atom. The molecule has 0 saturated carbocycles. The van der Waals surface area contributed by atoms with Gasteiger partial charge in [-0.15, -0.1) is 0 Å². The van der Waals surface area contributed by atoms with E-state index in [1.54, 1.807) is 0 Å². The van der Waals surface area contributed by atoms with Crippen molar-refractivity contribution in [2.75, 3.05) is 13.2 Å². The first-order valence-corrected chi connectivity index (χ1v) is 23.2. The quantitative estimate of drug-likeness (QED) is 0.0268. The van der Waals surface area contributed by atoms with Gasteiger partial charge in [0.05, 0.1) is 0 Å². The number of ether oxygens (including phenoxy) is 3. The third kappa shape index (κ3) is 41.2. The van der Waals surface area contributed by atoms with Crippen LogP contribution in [0.1, 0.15) is 252 Å². The van der Waals surface area contributed by atoms with Gasteiger partial charge >= 0.3 is 17.9 Å². The zero-order valence-corrected chi connectivity index (χ0v) is 35.6. The summed E-state index contributed by atoms with van der Waals surface area (Å²) >= 11 is 0. The highest BCUT2D eigenvalue weighted by Crippen LogP contribution is 2.15. The molecule has 0 bridgehead atoms. The third-order valence-electron chi connectivity index (χ3n) is 10.3. The zero-order valence-electron chi connectivity index (χ0n) is 35.6. The highest BCUT2D eigenvalue weighted by atomic mass is 16.6. The van der Waals surface area contributed by atoms with E-state index in [9.17, 15) is 14.4 Å². The topological polar surface area (TPSA) is 78.9 Å². The van der Waals surface area contributed by atoms with Gasteiger partial charge in [0.2, 0.25) is 0 Å². The van der Waals surface area contributed by atoms with Crippen molar-refractivity contribution in [2.24, 2.45) is 0 Å². The molecule has 0 aromatic rings. The molecule has 0 aromatic carbocycles. The minimum Gasteiger partial charge on any atom is -0.462 e. The molecule has 0 spiro atoms. The molecule has 0 amide bonds. The number of hydrogen-bond acceptors (Lipinski definition) is 6. The van der Waals surface area contributed by atoms with Crippen LogP contribution in [-0.4, -0.2) is 37.2 Å². The zero-order chi connectivity index (χ0) is 38.7. The molecule has 1 unspecified atom stereocenters. The molecular weight excluding hydrogens is 661 g/mol. The molecular formula is C47H88O6. The molecule has 0 aromatic heterocycles. The standard InChI is InChI=1S/C47H88O6/c1-4-7-10-13-16-19-22-23-24-26-28-31-34-37-40-46(49)52-43-44(42-51-45(48)39-36-33-30-27-21-18-15-12-9-6-3)53-47(50)41-38-35-32-29-25-20-17-14-11-8-5-2/h15,18,44H,4-14,16-17,19-43H2,1-3H3/b18-15-. The van der Waals surface area contributed by atoms with Gasteiger partial charge in [-0.3, -0.25) is 14.4 Å². The molecule has 6 nitrogen and oxygen atoms in total. The molecule has 0 heterocycles. The van der Waals surface area contributed by atoms with Crippen molar-refractivity contribution in [3.63, 3.8) is 0 Å². The fourth-order valence-corrected chi connectivity index (χ4v) is 6.72. The van der Waals surface area contributed by atoms with Gasteiger partial charge in [0, 0.05) is 19.3 Å². The van der Waals surface area contributed by atoms with Crippen LogP contribution < -0.4 is 0 Å². The number of hydrogen-bond donors (Lipinski definition) is 0. The van der Waals surface area contributed by atoms with Crippen molar-refractivity contribution in [2.45, 2.75) is 258 Å². The Labute approximate surface area is 329 Å². The maximum Gasteiger partial charge on any atom is 0.306 e. The Hall–Kier alpha value is -1.85. The first kappa shape index (κ1) is 51.1. The predicted octanol–water partition coefficient (Wildman–Crippen LogP) is 14.6. The Bertz CT molecular complexity index is 824. The van der Waals surface area contributed by atoms with E-state index in [2.05, 4.69) is 32.9 Å². The van der Waals surface area contributed by atoms with Crippen molar-refractivity contribution in [3.8, 4) is 0 Å². The second kappa shape index (κ2) is 42.9. The highest BCUT2D eigenvalue weighted by Gasteiger charge is 2.19. The second-order valence-corrected chi connectivity index (χ2v) is 15.7. The monoisotopic (exact) mass is 749 g/mol. The number of carbonyl (C=O) groups excluding carboxylic acids is 3. The lowest BCUT2D eigenvalue weighted by molar-refractivity contribution is -0.167. The fraction of sp³-hybridized carbons (Fsp3) is 0.894. The smallest absolute Gasteiger partial charge is 0.306 e. The maximum absolute atomic E-state index is 12.7. The molecule has 0 fully saturated rings. The molecule has 0 aliphatic carbocycles. The minimum atomic E-state index is -0.765. The van der Waals surface area contributed by atoms with E-state index in [1.807, 2.05) is 0 Å². The van der Waals surface area contributed by atoms with Crippen LogP contribution >= 0.6 is 0 Å². The first-order chi connectivity index (χ1) is 26.0. The van der Waals surface area contributed by atoms with E-state index in [0.29, 0.717) is 19.3 Å². The Balaban J connectivity index is 4.32. The predicted molar refractivity (Wildman–Crippen MR) is 224 cm³/mol. The summed E-state index contributed by atoms with van der Waals surface area (Å²) in [5, 5.41) is 0. The lowest BCUT2D eigenvalue weighted by Gasteiger charge is -2.18. The molecule has 53 heavy (non-hydrogen) atoms. The van der Waals surface area contributed by atoms with Crippen molar-refractivity contribution in [1.82, 2.24) is 0 Å². The van der Waals surface area contributed by atoms with Crippen LogP contribution in [0, 0.1) is 0 Å². The number of carbonyl (C=O) groups is 3. The molecule has 0 N–H and O–H groups in total. The lowest BCUT2D eigenvalue weighted by atomic mass is 10.0. The van der Waals surface area contributed by atoms with Crippen LogP contribution in [0.25, 0.3) is 0 Å². The van der Waals surface area contributed by atoms with Crippen LogP contribution in [0.2, 0.25) is 0 Å². The van der Waals surface area contributed by atoms with Crippen LogP contribution in [0.5, 0.6) is 0 Å². The molecule has 0 aliphatic rings. The molecule has 0 radical (unpaired) electrons. The summed E-state index contributed by atoms with van der Waals surface area (Å²) in [5.74, 6) is -0.875. The highest BCUT2D eigenvalue weighted by molar-refractivity contribution is 5.71. The summed E-state index contributed by atoms with van der Waals surface area (Å²) in [6.07, 6.45) is 44.8. The van der Waals surface area contributed by atoms with Gasteiger partial charge in [0.25, 0.3) is 0 Å².